The molecule has 24 heavy (non-hydrogen) atoms. The van der Waals surface area contributed by atoms with Gasteiger partial charge in [0.1, 0.15) is 17.7 Å². The Hall–Kier alpha value is -2.44. The van der Waals surface area contributed by atoms with Crippen molar-refractivity contribution in [2.24, 2.45) is 0 Å². The number of carbonyl (C=O) groups excluding carboxylic acids is 3. The lowest BCUT2D eigenvalue weighted by Gasteiger charge is -2.31. The van der Waals surface area contributed by atoms with Gasteiger partial charge in [-0.2, -0.15) is 0 Å². The summed E-state index contributed by atoms with van der Waals surface area (Å²) in [6, 6.07) is 5.39. The van der Waals surface area contributed by atoms with Crippen LogP contribution in [0.5, 0.6) is 0 Å². The summed E-state index contributed by atoms with van der Waals surface area (Å²) >= 11 is 0. The second-order valence-electron chi connectivity index (χ2n) is 6.37. The van der Waals surface area contributed by atoms with Crippen molar-refractivity contribution in [3.8, 4) is 0 Å². The van der Waals surface area contributed by atoms with E-state index >= 15 is 0 Å². The monoisotopic (exact) mass is 339 g/mol. The average molecular weight is 339 g/mol. The molecule has 0 saturated carbocycles. The standard InChI is InChI=1S/C17H22FNO5/c1-16(2,3)24-15(22)19-17(9-10-20,14(21)23-4)11-12-5-7-13(18)8-6-12/h5-8,10H,9,11H2,1-4H3,(H,19,22). The molecule has 0 radical (unpaired) electrons. The van der Waals surface area contributed by atoms with Gasteiger partial charge in [-0.3, -0.25) is 0 Å². The van der Waals surface area contributed by atoms with Crippen molar-refractivity contribution in [2.45, 2.75) is 44.8 Å². The van der Waals surface area contributed by atoms with Crippen molar-refractivity contribution >= 4 is 18.3 Å². The van der Waals surface area contributed by atoms with E-state index in [1.54, 1.807) is 20.8 Å². The van der Waals surface area contributed by atoms with Crippen molar-refractivity contribution in [3.63, 3.8) is 0 Å². The molecule has 1 unspecified atom stereocenters. The number of aldehydes is 1. The Morgan fingerprint density at radius 1 is 1.21 bits per heavy atom. The number of methoxy groups -OCH3 is 1. The van der Waals surface area contributed by atoms with Gasteiger partial charge in [0.15, 0.2) is 5.54 Å². The smallest absolute Gasteiger partial charge is 0.408 e. The van der Waals surface area contributed by atoms with Crippen molar-refractivity contribution in [2.75, 3.05) is 7.11 Å². The molecule has 0 bridgehead atoms. The maximum Gasteiger partial charge on any atom is 0.408 e. The van der Waals surface area contributed by atoms with E-state index in [1.807, 2.05) is 0 Å². The van der Waals surface area contributed by atoms with Gasteiger partial charge >= 0.3 is 12.1 Å². The van der Waals surface area contributed by atoms with E-state index in [1.165, 1.54) is 24.3 Å². The highest BCUT2D eigenvalue weighted by atomic mass is 19.1. The molecule has 1 atom stereocenters. The topological polar surface area (TPSA) is 81.7 Å². The van der Waals surface area contributed by atoms with Gasteiger partial charge in [-0.25, -0.2) is 14.0 Å². The number of hydrogen-bond acceptors (Lipinski definition) is 5. The van der Waals surface area contributed by atoms with Gasteiger partial charge in [0.25, 0.3) is 0 Å². The van der Waals surface area contributed by atoms with Crippen LogP contribution in [0.15, 0.2) is 24.3 Å². The zero-order valence-electron chi connectivity index (χ0n) is 14.2. The van der Waals surface area contributed by atoms with Gasteiger partial charge in [0, 0.05) is 12.8 Å². The van der Waals surface area contributed by atoms with E-state index in [-0.39, 0.29) is 12.8 Å². The van der Waals surface area contributed by atoms with E-state index in [0.29, 0.717) is 11.8 Å². The zero-order chi connectivity index (χ0) is 18.4. The number of rotatable bonds is 6. The number of ether oxygens (including phenoxy) is 2. The molecule has 0 aliphatic heterocycles. The first-order valence-corrected chi connectivity index (χ1v) is 7.39. The third-order valence-electron chi connectivity index (χ3n) is 3.17. The Morgan fingerprint density at radius 3 is 2.25 bits per heavy atom. The molecule has 0 fully saturated rings. The summed E-state index contributed by atoms with van der Waals surface area (Å²) in [5.41, 5.74) is -1.85. The first-order chi connectivity index (χ1) is 11.1. The molecule has 0 saturated heterocycles. The lowest BCUT2D eigenvalue weighted by molar-refractivity contribution is -0.149. The molecule has 1 aromatic rings. The second kappa shape index (κ2) is 7.90. The minimum Gasteiger partial charge on any atom is -0.467 e. The highest BCUT2D eigenvalue weighted by molar-refractivity contribution is 5.88. The zero-order valence-corrected chi connectivity index (χ0v) is 14.2. The fourth-order valence-electron chi connectivity index (χ4n) is 2.16. The van der Waals surface area contributed by atoms with Gasteiger partial charge < -0.3 is 19.6 Å². The summed E-state index contributed by atoms with van der Waals surface area (Å²) in [5.74, 6) is -1.22. The Bertz CT molecular complexity index is 594. The number of halogens is 1. The third kappa shape index (κ3) is 5.64. The normalized spacial score (nSPS) is 13.5. The SMILES string of the molecule is COC(=O)C(CC=O)(Cc1ccc(F)cc1)NC(=O)OC(C)(C)C. The highest BCUT2D eigenvalue weighted by Crippen LogP contribution is 2.21. The molecule has 132 valence electrons. The molecule has 6 nitrogen and oxygen atoms in total. The van der Waals surface area contributed by atoms with Crippen LogP contribution >= 0.6 is 0 Å². The summed E-state index contributed by atoms with van der Waals surface area (Å²) in [7, 11) is 1.16. The summed E-state index contributed by atoms with van der Waals surface area (Å²) in [6.07, 6.45) is -0.691. The molecular formula is C17H22FNO5. The summed E-state index contributed by atoms with van der Waals surface area (Å²) in [4.78, 5) is 35.5. The Kier molecular flexibility index (Phi) is 6.45. The fraction of sp³-hybridized carbons (Fsp3) is 0.471. The molecule has 0 aliphatic carbocycles. The van der Waals surface area contributed by atoms with Crippen LogP contribution in [0.25, 0.3) is 0 Å². The predicted molar refractivity (Wildman–Crippen MR) is 84.9 cm³/mol. The fourth-order valence-corrected chi connectivity index (χ4v) is 2.16. The minimum absolute atomic E-state index is 0.0437. The summed E-state index contributed by atoms with van der Waals surface area (Å²) < 4.78 is 23.0. The first-order valence-electron chi connectivity index (χ1n) is 7.39. The van der Waals surface area contributed by atoms with Crippen LogP contribution in [0.2, 0.25) is 0 Å². The summed E-state index contributed by atoms with van der Waals surface area (Å²) in [5, 5.41) is 2.44. The van der Waals surface area contributed by atoms with Gasteiger partial charge in [-0.15, -0.1) is 0 Å². The Labute approximate surface area is 140 Å². The number of carbonyl (C=O) groups is 3. The van der Waals surface area contributed by atoms with Crippen LogP contribution in [0, 0.1) is 5.82 Å². The molecule has 0 heterocycles. The average Bonchev–Trinajstić information content (AvgIpc) is 2.46. The number of benzene rings is 1. The van der Waals surface area contributed by atoms with Crippen molar-refractivity contribution in [3.05, 3.63) is 35.6 Å². The lowest BCUT2D eigenvalue weighted by atomic mass is 9.88. The van der Waals surface area contributed by atoms with Crippen LogP contribution in [0.3, 0.4) is 0 Å². The van der Waals surface area contributed by atoms with Crippen LogP contribution in [-0.2, 0) is 25.5 Å². The molecule has 0 aliphatic rings. The second-order valence-corrected chi connectivity index (χ2v) is 6.37. The predicted octanol–water partition coefficient (Wildman–Crippen LogP) is 2.39. The molecular weight excluding hydrogens is 317 g/mol. The van der Waals surface area contributed by atoms with Gasteiger partial charge in [-0.05, 0) is 38.5 Å². The van der Waals surface area contributed by atoms with E-state index in [0.717, 1.165) is 7.11 Å². The largest absolute Gasteiger partial charge is 0.467 e. The molecule has 1 amide bonds. The summed E-state index contributed by atoms with van der Waals surface area (Å²) in [6.45, 7) is 5.02. The van der Waals surface area contributed by atoms with Crippen LogP contribution in [0.1, 0.15) is 32.8 Å². The van der Waals surface area contributed by atoms with E-state index in [9.17, 15) is 18.8 Å². The molecule has 7 heteroatoms. The number of alkyl carbamates (subject to hydrolysis) is 1. The van der Waals surface area contributed by atoms with Crippen LogP contribution in [-0.4, -0.2) is 36.6 Å². The van der Waals surface area contributed by atoms with Crippen molar-refractivity contribution in [1.29, 1.82) is 0 Å². The van der Waals surface area contributed by atoms with Crippen molar-refractivity contribution in [1.82, 2.24) is 5.32 Å². The minimum atomic E-state index is -1.63. The third-order valence-corrected chi connectivity index (χ3v) is 3.17. The van der Waals surface area contributed by atoms with E-state index in [2.05, 4.69) is 5.32 Å². The molecule has 0 aromatic heterocycles. The number of esters is 1. The maximum absolute atomic E-state index is 13.1. The number of nitrogens with one attached hydrogen (secondary N) is 1. The number of hydrogen-bond donors (Lipinski definition) is 1. The number of amides is 1. The van der Waals surface area contributed by atoms with Crippen molar-refractivity contribution < 1.29 is 28.2 Å². The van der Waals surface area contributed by atoms with Gasteiger partial charge in [0.2, 0.25) is 0 Å². The molecule has 1 rings (SSSR count). The maximum atomic E-state index is 13.1. The Morgan fingerprint density at radius 2 is 1.79 bits per heavy atom. The van der Waals surface area contributed by atoms with Gasteiger partial charge in [-0.1, -0.05) is 12.1 Å². The lowest BCUT2D eigenvalue weighted by Crippen LogP contribution is -2.57. The van der Waals surface area contributed by atoms with Gasteiger partial charge in [0.05, 0.1) is 7.11 Å². The van der Waals surface area contributed by atoms with E-state index in [4.69, 9.17) is 9.47 Å². The molecule has 0 spiro atoms. The Balaban J connectivity index is 3.13. The van der Waals surface area contributed by atoms with E-state index < -0.39 is 29.0 Å². The first kappa shape index (κ1) is 19.6. The van der Waals surface area contributed by atoms with Crippen LogP contribution < -0.4 is 5.32 Å². The van der Waals surface area contributed by atoms with Crippen LogP contribution in [0.4, 0.5) is 9.18 Å². The molecule has 1 aromatic carbocycles. The highest BCUT2D eigenvalue weighted by Gasteiger charge is 2.42. The quantitative estimate of drug-likeness (QED) is 0.636. The molecule has 1 N–H and O–H groups in total.